The van der Waals surface area contributed by atoms with Gasteiger partial charge in [-0.3, -0.25) is 0 Å². The van der Waals surface area contributed by atoms with Gasteiger partial charge in [0, 0.05) is 13.7 Å². The molecule has 0 spiro atoms. The Hall–Kier alpha value is -0.930. The van der Waals surface area contributed by atoms with Gasteiger partial charge in [-0.15, -0.1) is 0 Å². The molecule has 1 N–H and O–H groups in total. The van der Waals surface area contributed by atoms with Gasteiger partial charge in [-0.2, -0.15) is 0 Å². The quantitative estimate of drug-likeness (QED) is 0.698. The monoisotopic (exact) mass is 281 g/mol. The topological polar surface area (TPSA) is 21.3 Å². The fraction of sp³-hybridized carbons (Fsp3) is 0.647. The number of halogens is 1. The number of ether oxygens (including phenoxy) is 1. The van der Waals surface area contributed by atoms with Gasteiger partial charge in [0.15, 0.2) is 0 Å². The highest BCUT2D eigenvalue weighted by atomic mass is 19.1. The van der Waals surface area contributed by atoms with Crippen molar-refractivity contribution < 1.29 is 9.13 Å². The molecule has 2 nitrogen and oxygen atoms in total. The number of hydrogen-bond donors (Lipinski definition) is 1. The summed E-state index contributed by atoms with van der Waals surface area (Å²) < 4.78 is 18.6. The molecule has 1 unspecified atom stereocenters. The van der Waals surface area contributed by atoms with Gasteiger partial charge in [0.1, 0.15) is 5.82 Å². The van der Waals surface area contributed by atoms with E-state index in [0.717, 1.165) is 43.7 Å². The maximum Gasteiger partial charge on any atom is 0.129 e. The van der Waals surface area contributed by atoms with Crippen LogP contribution in [0.4, 0.5) is 4.39 Å². The van der Waals surface area contributed by atoms with Crippen LogP contribution in [0.5, 0.6) is 0 Å². The van der Waals surface area contributed by atoms with Crippen molar-refractivity contribution in [2.45, 2.75) is 40.0 Å². The fourth-order valence-corrected chi connectivity index (χ4v) is 2.39. The van der Waals surface area contributed by atoms with E-state index in [9.17, 15) is 4.39 Å². The van der Waals surface area contributed by atoms with Gasteiger partial charge in [-0.05, 0) is 62.3 Å². The summed E-state index contributed by atoms with van der Waals surface area (Å²) in [6.07, 6.45) is 3.35. The van der Waals surface area contributed by atoms with E-state index in [4.69, 9.17) is 4.74 Å². The van der Waals surface area contributed by atoms with E-state index >= 15 is 0 Å². The highest BCUT2D eigenvalue weighted by molar-refractivity contribution is 5.30. The van der Waals surface area contributed by atoms with Crippen LogP contribution in [0.3, 0.4) is 0 Å². The first-order valence-electron chi connectivity index (χ1n) is 7.50. The zero-order valence-corrected chi connectivity index (χ0v) is 13.3. The third kappa shape index (κ3) is 6.02. The molecule has 0 aliphatic heterocycles. The summed E-state index contributed by atoms with van der Waals surface area (Å²) in [4.78, 5) is 0. The summed E-state index contributed by atoms with van der Waals surface area (Å²) in [5.74, 6) is 0.611. The first-order chi connectivity index (χ1) is 9.54. The fourth-order valence-electron chi connectivity index (χ4n) is 2.39. The zero-order chi connectivity index (χ0) is 15.0. The van der Waals surface area contributed by atoms with E-state index in [-0.39, 0.29) is 5.82 Å². The normalized spacial score (nSPS) is 12.7. The molecule has 0 bridgehead atoms. The highest BCUT2D eigenvalue weighted by Gasteiger charge is 2.07. The number of benzene rings is 1. The predicted octanol–water partition coefficient (Wildman–Crippen LogP) is 3.64. The van der Waals surface area contributed by atoms with Crippen LogP contribution in [0, 0.1) is 25.6 Å². The molecule has 0 heterocycles. The lowest BCUT2D eigenvalue weighted by Gasteiger charge is -2.13. The number of methoxy groups -OCH3 is 1. The predicted molar refractivity (Wildman–Crippen MR) is 82.7 cm³/mol. The molecule has 0 saturated carbocycles. The number of nitrogens with one attached hydrogen (secondary N) is 1. The van der Waals surface area contributed by atoms with Gasteiger partial charge in [0.05, 0.1) is 6.61 Å². The van der Waals surface area contributed by atoms with Crippen LogP contribution in [-0.2, 0) is 11.2 Å². The van der Waals surface area contributed by atoms with E-state index in [1.165, 1.54) is 12.0 Å². The van der Waals surface area contributed by atoms with Gasteiger partial charge in [-0.1, -0.05) is 19.1 Å². The Morgan fingerprint density at radius 3 is 2.40 bits per heavy atom. The van der Waals surface area contributed by atoms with Gasteiger partial charge in [-0.25, -0.2) is 4.39 Å². The van der Waals surface area contributed by atoms with E-state index in [0.29, 0.717) is 5.92 Å². The maximum atomic E-state index is 13.6. The maximum absolute atomic E-state index is 13.6. The van der Waals surface area contributed by atoms with Crippen LogP contribution >= 0.6 is 0 Å². The second-order valence-electron chi connectivity index (χ2n) is 5.72. The SMILES string of the molecule is COCCNCCC(C)CCc1cc(C)c(F)c(C)c1. The van der Waals surface area contributed by atoms with Crippen molar-refractivity contribution in [3.63, 3.8) is 0 Å². The summed E-state index contributed by atoms with van der Waals surface area (Å²) in [6, 6.07) is 3.96. The van der Waals surface area contributed by atoms with Gasteiger partial charge in [0.25, 0.3) is 0 Å². The van der Waals surface area contributed by atoms with Crippen molar-refractivity contribution in [2.75, 3.05) is 26.8 Å². The largest absolute Gasteiger partial charge is 0.383 e. The minimum absolute atomic E-state index is 0.0656. The molecule has 0 aliphatic rings. The molecule has 20 heavy (non-hydrogen) atoms. The molecular weight excluding hydrogens is 253 g/mol. The van der Waals surface area contributed by atoms with Crippen molar-refractivity contribution in [3.05, 3.63) is 34.6 Å². The average molecular weight is 281 g/mol. The lowest BCUT2D eigenvalue weighted by molar-refractivity contribution is 0.199. The number of rotatable bonds is 9. The molecule has 114 valence electrons. The second-order valence-corrected chi connectivity index (χ2v) is 5.72. The third-order valence-corrected chi connectivity index (χ3v) is 3.72. The molecule has 0 amide bonds. The van der Waals surface area contributed by atoms with Crippen LogP contribution in [0.1, 0.15) is 36.5 Å². The van der Waals surface area contributed by atoms with Crippen LogP contribution in [0.2, 0.25) is 0 Å². The van der Waals surface area contributed by atoms with Crippen LogP contribution in [-0.4, -0.2) is 26.8 Å². The summed E-state index contributed by atoms with van der Waals surface area (Å²) >= 11 is 0. The van der Waals surface area contributed by atoms with Crippen molar-refractivity contribution in [1.29, 1.82) is 0 Å². The van der Waals surface area contributed by atoms with Crippen molar-refractivity contribution >= 4 is 0 Å². The Morgan fingerprint density at radius 1 is 1.15 bits per heavy atom. The molecule has 0 fully saturated rings. The lowest BCUT2D eigenvalue weighted by Crippen LogP contribution is -2.21. The zero-order valence-electron chi connectivity index (χ0n) is 13.3. The summed E-state index contributed by atoms with van der Waals surface area (Å²) in [5, 5.41) is 3.37. The van der Waals surface area contributed by atoms with Gasteiger partial charge in [0.2, 0.25) is 0 Å². The molecule has 0 radical (unpaired) electrons. The van der Waals surface area contributed by atoms with E-state index in [2.05, 4.69) is 12.2 Å². The van der Waals surface area contributed by atoms with Gasteiger partial charge >= 0.3 is 0 Å². The Balaban J connectivity index is 2.28. The van der Waals surface area contributed by atoms with Crippen molar-refractivity contribution in [1.82, 2.24) is 5.32 Å². The van der Waals surface area contributed by atoms with Crippen LogP contribution in [0.25, 0.3) is 0 Å². The third-order valence-electron chi connectivity index (χ3n) is 3.72. The molecule has 0 aromatic heterocycles. The second kappa shape index (κ2) is 9.09. The molecular formula is C17H28FNO. The molecule has 1 atom stereocenters. The number of aryl methyl sites for hydroxylation is 3. The molecule has 3 heteroatoms. The smallest absolute Gasteiger partial charge is 0.129 e. The first-order valence-corrected chi connectivity index (χ1v) is 7.50. The first kappa shape index (κ1) is 17.1. The molecule has 0 saturated heterocycles. The van der Waals surface area contributed by atoms with E-state index in [1.54, 1.807) is 7.11 Å². The Bertz CT molecular complexity index is 383. The van der Waals surface area contributed by atoms with Gasteiger partial charge < -0.3 is 10.1 Å². The van der Waals surface area contributed by atoms with Crippen LogP contribution in [0.15, 0.2) is 12.1 Å². The number of hydrogen-bond acceptors (Lipinski definition) is 2. The molecule has 1 aromatic carbocycles. The van der Waals surface area contributed by atoms with Crippen molar-refractivity contribution in [3.8, 4) is 0 Å². The highest BCUT2D eigenvalue weighted by Crippen LogP contribution is 2.18. The minimum Gasteiger partial charge on any atom is -0.383 e. The molecule has 1 aromatic rings. The Labute approximate surface area is 122 Å². The Morgan fingerprint density at radius 2 is 1.80 bits per heavy atom. The Kier molecular flexibility index (Phi) is 7.78. The standard InChI is InChI=1S/C17H28FNO/c1-13(7-8-19-9-10-20-4)5-6-16-11-14(2)17(18)15(3)12-16/h11-13,19H,5-10H2,1-4H3. The molecule has 1 rings (SSSR count). The lowest BCUT2D eigenvalue weighted by atomic mass is 9.96. The van der Waals surface area contributed by atoms with E-state index < -0.39 is 0 Å². The minimum atomic E-state index is -0.0656. The van der Waals surface area contributed by atoms with E-state index in [1.807, 2.05) is 26.0 Å². The summed E-state index contributed by atoms with van der Waals surface area (Å²) in [7, 11) is 1.72. The van der Waals surface area contributed by atoms with Crippen LogP contribution < -0.4 is 5.32 Å². The average Bonchev–Trinajstić information content (AvgIpc) is 2.42. The summed E-state index contributed by atoms with van der Waals surface area (Å²) in [6.45, 7) is 8.68. The molecule has 0 aliphatic carbocycles. The van der Waals surface area contributed by atoms with Crippen molar-refractivity contribution in [2.24, 2.45) is 5.92 Å². The summed E-state index contributed by atoms with van der Waals surface area (Å²) in [5.41, 5.74) is 2.77.